The second kappa shape index (κ2) is 14.7. The summed E-state index contributed by atoms with van der Waals surface area (Å²) in [6, 6.07) is -1.51. The number of hydrogen-bond acceptors (Lipinski definition) is 10. The number of rotatable bonds is 9. The van der Waals surface area contributed by atoms with Crippen LogP contribution in [0, 0.1) is 0 Å². The van der Waals surface area contributed by atoms with Crippen molar-refractivity contribution >= 4 is 35.5 Å². The van der Waals surface area contributed by atoms with Gasteiger partial charge in [0.25, 0.3) is 0 Å². The van der Waals surface area contributed by atoms with Gasteiger partial charge in [0.1, 0.15) is 25.3 Å². The van der Waals surface area contributed by atoms with Gasteiger partial charge in [-0.05, 0) is 20.5 Å². The zero-order valence-corrected chi connectivity index (χ0v) is 22.4. The molecule has 13 heteroatoms. The monoisotopic (exact) mass is 528 g/mol. The van der Waals surface area contributed by atoms with Gasteiger partial charge in [0.15, 0.2) is 5.78 Å². The van der Waals surface area contributed by atoms with Crippen LogP contribution in [-0.4, -0.2) is 148 Å². The highest BCUT2D eigenvalue weighted by Crippen LogP contribution is 2.15. The summed E-state index contributed by atoms with van der Waals surface area (Å²) in [7, 11) is 3.79. The Balaban J connectivity index is 1.79. The fourth-order valence-electron chi connectivity index (χ4n) is 4.13. The number of thioether (sulfide) groups is 1. The minimum atomic E-state index is -0.820. The van der Waals surface area contributed by atoms with E-state index in [0.29, 0.717) is 45.8 Å². The lowest BCUT2D eigenvalue weighted by atomic mass is 10.1. The molecule has 2 N–H and O–H groups in total. The van der Waals surface area contributed by atoms with Crippen molar-refractivity contribution in [1.29, 1.82) is 0 Å². The molecule has 0 radical (unpaired) electrons. The van der Waals surface area contributed by atoms with Crippen LogP contribution in [0.3, 0.4) is 0 Å². The number of morpholine rings is 1. The molecule has 0 aliphatic carbocycles. The minimum Gasteiger partial charge on any atom is -0.448 e. The van der Waals surface area contributed by atoms with Gasteiger partial charge in [0.2, 0.25) is 11.9 Å². The molecular formula is C23H40N6O6S. The summed E-state index contributed by atoms with van der Waals surface area (Å²) < 4.78 is 16.3. The molecule has 0 bridgehead atoms. The van der Waals surface area contributed by atoms with Gasteiger partial charge < -0.3 is 29.3 Å². The number of carbonyl (C=O) groups is 3. The molecule has 12 nitrogen and oxygen atoms in total. The van der Waals surface area contributed by atoms with Crippen LogP contribution in [-0.2, 0) is 23.8 Å². The van der Waals surface area contributed by atoms with Crippen LogP contribution < -0.4 is 10.6 Å². The quantitative estimate of drug-likeness (QED) is 0.292. The van der Waals surface area contributed by atoms with Gasteiger partial charge in [0.05, 0.1) is 19.3 Å². The Morgan fingerprint density at radius 3 is 2.61 bits per heavy atom. The van der Waals surface area contributed by atoms with E-state index in [1.807, 2.05) is 42.6 Å². The summed E-state index contributed by atoms with van der Waals surface area (Å²) >= 11 is 1.88. The highest BCUT2D eigenvalue weighted by Gasteiger charge is 2.37. The van der Waals surface area contributed by atoms with E-state index in [-0.39, 0.29) is 37.0 Å². The van der Waals surface area contributed by atoms with E-state index in [2.05, 4.69) is 15.5 Å². The molecule has 36 heavy (non-hydrogen) atoms. The number of nitrogens with one attached hydrogen (secondary N) is 2. The van der Waals surface area contributed by atoms with Gasteiger partial charge in [-0.25, -0.2) is 9.79 Å². The van der Waals surface area contributed by atoms with Crippen LogP contribution in [0.5, 0.6) is 0 Å². The van der Waals surface area contributed by atoms with Crippen LogP contribution >= 0.6 is 11.8 Å². The third-order valence-corrected chi connectivity index (χ3v) is 7.21. The van der Waals surface area contributed by atoms with E-state index in [0.717, 1.165) is 24.6 Å². The maximum Gasteiger partial charge on any atom is 0.414 e. The first-order valence-electron chi connectivity index (χ1n) is 12.6. The first-order valence-corrected chi connectivity index (χ1v) is 13.8. The van der Waals surface area contributed by atoms with Crippen molar-refractivity contribution < 1.29 is 28.6 Å². The lowest BCUT2D eigenvalue weighted by molar-refractivity contribution is -0.127. The number of nitrogens with zero attached hydrogens (tertiary/aromatic N) is 4. The molecule has 3 atom stereocenters. The molecule has 3 aliphatic heterocycles. The Hall–Kier alpha value is -1.93. The Kier molecular flexibility index (Phi) is 11.7. The Bertz CT molecular complexity index is 772. The number of ether oxygens (including phenoxy) is 3. The third kappa shape index (κ3) is 8.87. The molecule has 0 saturated carbocycles. The average Bonchev–Trinajstić information content (AvgIpc) is 3.23. The summed E-state index contributed by atoms with van der Waals surface area (Å²) in [5.74, 6) is 1.75. The maximum atomic E-state index is 13.5. The third-order valence-electron chi connectivity index (χ3n) is 6.27. The molecular weight excluding hydrogens is 488 g/mol. The van der Waals surface area contributed by atoms with Gasteiger partial charge in [-0.3, -0.25) is 19.8 Å². The fourth-order valence-corrected chi connectivity index (χ4v) is 5.11. The Labute approximate surface area is 217 Å². The number of amides is 2. The number of likely N-dealkylation sites (N-methyl/N-ethyl adjacent to an activating group) is 1. The highest BCUT2D eigenvalue weighted by molar-refractivity contribution is 7.99. The molecule has 3 rings (SSSR count). The van der Waals surface area contributed by atoms with Crippen LogP contribution in [0.15, 0.2) is 4.99 Å². The van der Waals surface area contributed by atoms with Crippen LogP contribution in [0.1, 0.15) is 13.3 Å². The smallest absolute Gasteiger partial charge is 0.414 e. The van der Waals surface area contributed by atoms with Crippen molar-refractivity contribution in [3.8, 4) is 0 Å². The SMILES string of the molecule is CCC1OCC(=O)C1NC(=O)C(CN1CCSCC1)N=C(NC(=O)OCCN(C)C)N1CCOCC1. The lowest BCUT2D eigenvalue weighted by Gasteiger charge is -2.32. The standard InChI is InChI=1S/C23H40N6O6S/c1-4-19-20(18(30)16-35-19)25-21(31)17(15-28-8-13-36-14-9-28)24-22(29-6-10-33-11-7-29)26-23(32)34-12-5-27(2)3/h17,19-20H,4-16H2,1-3H3,(H,25,31)(H,24,26,32). The molecule has 0 spiro atoms. The number of alkyl carbamates (subject to hydrolysis) is 1. The molecule has 2 amide bonds. The first-order chi connectivity index (χ1) is 17.4. The summed E-state index contributed by atoms with van der Waals surface area (Å²) in [4.78, 5) is 49.2. The normalized spacial score (nSPS) is 24.6. The van der Waals surface area contributed by atoms with Crippen LogP contribution in [0.2, 0.25) is 0 Å². The summed E-state index contributed by atoms with van der Waals surface area (Å²) in [5.41, 5.74) is 0. The van der Waals surface area contributed by atoms with Crippen LogP contribution in [0.4, 0.5) is 4.79 Å². The molecule has 3 saturated heterocycles. The summed E-state index contributed by atoms with van der Waals surface area (Å²) in [5, 5.41) is 5.63. The molecule has 0 aromatic rings. The zero-order chi connectivity index (χ0) is 25.9. The largest absolute Gasteiger partial charge is 0.448 e. The van der Waals surface area contributed by atoms with E-state index in [1.165, 1.54) is 0 Å². The van der Waals surface area contributed by atoms with E-state index in [9.17, 15) is 14.4 Å². The average molecular weight is 529 g/mol. The van der Waals surface area contributed by atoms with E-state index in [1.54, 1.807) is 0 Å². The number of ketones is 1. The number of guanidine groups is 1. The van der Waals surface area contributed by atoms with Gasteiger partial charge in [-0.2, -0.15) is 11.8 Å². The topological polar surface area (TPSA) is 125 Å². The van der Waals surface area contributed by atoms with Gasteiger partial charge in [0, 0.05) is 50.8 Å². The van der Waals surface area contributed by atoms with E-state index >= 15 is 0 Å². The van der Waals surface area contributed by atoms with Crippen molar-refractivity contribution in [1.82, 2.24) is 25.3 Å². The minimum absolute atomic E-state index is 0.000108. The van der Waals surface area contributed by atoms with Gasteiger partial charge in [-0.1, -0.05) is 6.92 Å². The molecule has 0 aromatic heterocycles. The van der Waals surface area contributed by atoms with Crippen molar-refractivity contribution in [3.05, 3.63) is 0 Å². The molecule has 0 aromatic carbocycles. The van der Waals surface area contributed by atoms with E-state index < -0.39 is 18.2 Å². The van der Waals surface area contributed by atoms with Gasteiger partial charge in [-0.15, -0.1) is 0 Å². The highest BCUT2D eigenvalue weighted by atomic mass is 32.2. The first kappa shape index (κ1) is 28.6. The molecule has 204 valence electrons. The van der Waals surface area contributed by atoms with Gasteiger partial charge >= 0.3 is 6.09 Å². The van der Waals surface area contributed by atoms with Crippen molar-refractivity contribution in [3.63, 3.8) is 0 Å². The van der Waals surface area contributed by atoms with Crippen molar-refractivity contribution in [2.24, 2.45) is 4.99 Å². The number of Topliss-reactive ketones (excluding diaryl/α,β-unsaturated/α-hetero) is 1. The summed E-state index contributed by atoms with van der Waals surface area (Å²) in [6.07, 6.45) is -0.352. The predicted octanol–water partition coefficient (Wildman–Crippen LogP) is -0.757. The fraction of sp³-hybridized carbons (Fsp3) is 0.826. The lowest BCUT2D eigenvalue weighted by Crippen LogP contribution is -2.54. The summed E-state index contributed by atoms with van der Waals surface area (Å²) in [6.45, 7) is 6.85. The van der Waals surface area contributed by atoms with Crippen molar-refractivity contribution in [2.45, 2.75) is 31.5 Å². The molecule has 3 fully saturated rings. The molecule has 3 unspecified atom stereocenters. The Morgan fingerprint density at radius 1 is 1.22 bits per heavy atom. The van der Waals surface area contributed by atoms with Crippen LogP contribution in [0.25, 0.3) is 0 Å². The molecule has 3 heterocycles. The second-order valence-corrected chi connectivity index (χ2v) is 10.5. The maximum absolute atomic E-state index is 13.5. The predicted molar refractivity (Wildman–Crippen MR) is 137 cm³/mol. The number of aliphatic imine (C=N–C) groups is 1. The number of carbonyl (C=O) groups excluding carboxylic acids is 3. The molecule has 3 aliphatic rings. The van der Waals surface area contributed by atoms with E-state index in [4.69, 9.17) is 19.2 Å². The number of hydrogen-bond donors (Lipinski definition) is 2. The van der Waals surface area contributed by atoms with Crippen molar-refractivity contribution in [2.75, 3.05) is 91.3 Å². The second-order valence-electron chi connectivity index (χ2n) is 9.26. The zero-order valence-electron chi connectivity index (χ0n) is 21.6. The Morgan fingerprint density at radius 2 is 1.94 bits per heavy atom.